The molecular formula is C26H23F3N2O2. The van der Waals surface area contributed by atoms with E-state index in [1.54, 1.807) is 19.1 Å². The summed E-state index contributed by atoms with van der Waals surface area (Å²) in [7, 11) is 0. The van der Waals surface area contributed by atoms with Gasteiger partial charge in [-0.3, -0.25) is 0 Å². The van der Waals surface area contributed by atoms with Gasteiger partial charge < -0.3 is 14.8 Å². The lowest BCUT2D eigenvalue weighted by Crippen LogP contribution is -2.19. The lowest BCUT2D eigenvalue weighted by molar-refractivity contribution is -0.153. The third kappa shape index (κ3) is 4.59. The molecule has 1 heterocycles. The van der Waals surface area contributed by atoms with Gasteiger partial charge in [0.25, 0.3) is 0 Å². The number of H-pyrrole nitrogens is 1. The summed E-state index contributed by atoms with van der Waals surface area (Å²) in [6.45, 7) is 0.466. The maximum atomic E-state index is 12.3. The Kier molecular flexibility index (Phi) is 5.37. The minimum absolute atomic E-state index is 0.210. The van der Waals surface area contributed by atoms with Crippen molar-refractivity contribution in [3.63, 3.8) is 0 Å². The van der Waals surface area contributed by atoms with Crippen LogP contribution in [0.2, 0.25) is 0 Å². The number of nitrogens with zero attached hydrogens (tertiary/aromatic N) is 1. The number of hydrogen-bond donors (Lipinski definition) is 2. The number of aromatic amines is 1. The van der Waals surface area contributed by atoms with Gasteiger partial charge in [-0.15, -0.1) is 0 Å². The zero-order chi connectivity index (χ0) is 23.2. The zero-order valence-corrected chi connectivity index (χ0v) is 17.9. The highest BCUT2D eigenvalue weighted by atomic mass is 19.4. The van der Waals surface area contributed by atoms with Crippen LogP contribution >= 0.6 is 0 Å². The Morgan fingerprint density at radius 2 is 1.82 bits per heavy atom. The van der Waals surface area contributed by atoms with E-state index < -0.39 is 18.9 Å². The normalized spacial score (nSPS) is 18.9. The van der Waals surface area contributed by atoms with Crippen molar-refractivity contribution in [3.05, 3.63) is 83.7 Å². The minimum atomic E-state index is -4.35. The number of aliphatic hydroxyl groups is 1. The first kappa shape index (κ1) is 21.5. The molecule has 0 amide bonds. The molecule has 1 aliphatic carbocycles. The lowest BCUT2D eigenvalue weighted by Gasteiger charge is -2.11. The van der Waals surface area contributed by atoms with E-state index in [9.17, 15) is 18.3 Å². The van der Waals surface area contributed by atoms with Gasteiger partial charge in [0, 0.05) is 5.92 Å². The van der Waals surface area contributed by atoms with Crippen molar-refractivity contribution in [2.45, 2.75) is 37.5 Å². The third-order valence-corrected chi connectivity index (χ3v) is 6.08. The molecule has 0 radical (unpaired) electrons. The molecule has 1 fully saturated rings. The number of ether oxygens (including phenoxy) is 1. The van der Waals surface area contributed by atoms with Crippen molar-refractivity contribution < 1.29 is 23.0 Å². The molecule has 4 aromatic rings. The van der Waals surface area contributed by atoms with Crippen LogP contribution in [-0.2, 0) is 0 Å². The van der Waals surface area contributed by atoms with Gasteiger partial charge in [0.05, 0.1) is 17.1 Å². The average molecular weight is 452 g/mol. The number of halogens is 3. The van der Waals surface area contributed by atoms with Crippen LogP contribution in [0.5, 0.6) is 5.75 Å². The van der Waals surface area contributed by atoms with E-state index in [0.717, 1.165) is 45.5 Å². The molecule has 1 saturated carbocycles. The van der Waals surface area contributed by atoms with Crippen LogP contribution in [0.4, 0.5) is 13.2 Å². The predicted octanol–water partition coefficient (Wildman–Crippen LogP) is 6.50. The molecule has 5 rings (SSSR count). The number of aliphatic hydroxyl groups excluding tert-OH is 1. The van der Waals surface area contributed by atoms with Crippen LogP contribution < -0.4 is 4.74 Å². The van der Waals surface area contributed by atoms with Crippen LogP contribution in [-0.4, -0.2) is 27.9 Å². The van der Waals surface area contributed by atoms with Gasteiger partial charge in [-0.2, -0.15) is 13.2 Å². The molecule has 2 N–H and O–H groups in total. The number of fused-ring (bicyclic) bond motifs is 1. The van der Waals surface area contributed by atoms with E-state index in [1.807, 2.05) is 54.6 Å². The number of imidazole rings is 1. The Labute approximate surface area is 189 Å². The summed E-state index contributed by atoms with van der Waals surface area (Å²) in [5, 5.41) is 10.1. The second-order valence-electron chi connectivity index (χ2n) is 8.54. The van der Waals surface area contributed by atoms with Crippen molar-refractivity contribution >= 4 is 11.0 Å². The van der Waals surface area contributed by atoms with Crippen molar-refractivity contribution in [2.24, 2.45) is 0 Å². The number of hydrogen-bond acceptors (Lipinski definition) is 3. The highest BCUT2D eigenvalue weighted by Crippen LogP contribution is 2.54. The Balaban J connectivity index is 1.33. The van der Waals surface area contributed by atoms with E-state index in [1.165, 1.54) is 0 Å². The standard InChI is InChI=1S/C26H23F3N2O2/c1-15(32)19-4-2-3-5-20(19)17-8-11-23-24(12-17)31-25(30-23)22-13-21(22)16-6-9-18(10-7-16)33-14-26(27,28)29/h2-12,15,21-22,32H,13-14H2,1H3,(H,30,31). The topological polar surface area (TPSA) is 58.1 Å². The minimum Gasteiger partial charge on any atom is -0.484 e. The number of nitrogens with one attached hydrogen (secondary N) is 1. The number of aromatic nitrogens is 2. The van der Waals surface area contributed by atoms with Gasteiger partial charge in [-0.05, 0) is 65.8 Å². The molecule has 0 aliphatic heterocycles. The first-order valence-electron chi connectivity index (χ1n) is 10.8. The first-order chi connectivity index (χ1) is 15.8. The second kappa shape index (κ2) is 8.23. The first-order valence-corrected chi connectivity index (χ1v) is 10.8. The Hall–Kier alpha value is -3.32. The lowest BCUT2D eigenvalue weighted by atomic mass is 9.96. The zero-order valence-electron chi connectivity index (χ0n) is 17.9. The largest absolute Gasteiger partial charge is 0.484 e. The fourth-order valence-electron chi connectivity index (χ4n) is 4.33. The van der Waals surface area contributed by atoms with Crippen LogP contribution in [0, 0.1) is 0 Å². The number of rotatable bonds is 6. The second-order valence-corrected chi connectivity index (χ2v) is 8.54. The molecule has 1 aliphatic rings. The van der Waals surface area contributed by atoms with E-state index in [-0.39, 0.29) is 17.6 Å². The maximum Gasteiger partial charge on any atom is 0.422 e. The van der Waals surface area contributed by atoms with E-state index in [2.05, 4.69) is 4.98 Å². The van der Waals surface area contributed by atoms with Gasteiger partial charge in [0.2, 0.25) is 0 Å². The summed E-state index contributed by atoms with van der Waals surface area (Å²) in [5.41, 5.74) is 5.73. The summed E-state index contributed by atoms with van der Waals surface area (Å²) in [4.78, 5) is 8.23. The number of alkyl halides is 3. The fraction of sp³-hybridized carbons (Fsp3) is 0.269. The highest BCUT2D eigenvalue weighted by Gasteiger charge is 2.41. The summed E-state index contributed by atoms with van der Waals surface area (Å²) in [6.07, 6.45) is -3.98. The molecule has 0 spiro atoms. The van der Waals surface area contributed by atoms with Crippen molar-refractivity contribution in [1.82, 2.24) is 9.97 Å². The molecule has 4 nitrogen and oxygen atoms in total. The van der Waals surface area contributed by atoms with Gasteiger partial charge in [0.15, 0.2) is 6.61 Å². The summed E-state index contributed by atoms with van der Waals surface area (Å²) >= 11 is 0. The SMILES string of the molecule is CC(O)c1ccccc1-c1ccc2[nH]c(C3CC3c3ccc(OCC(F)(F)F)cc3)nc2c1. The van der Waals surface area contributed by atoms with Crippen LogP contribution in [0.25, 0.3) is 22.2 Å². The molecule has 170 valence electrons. The molecule has 7 heteroatoms. The van der Waals surface area contributed by atoms with E-state index in [4.69, 9.17) is 9.72 Å². The molecule has 1 aromatic heterocycles. The van der Waals surface area contributed by atoms with Gasteiger partial charge in [-0.1, -0.05) is 42.5 Å². The molecular weight excluding hydrogens is 429 g/mol. The summed E-state index contributed by atoms with van der Waals surface area (Å²) in [6, 6.07) is 20.7. The monoisotopic (exact) mass is 452 g/mol. The molecule has 0 bridgehead atoms. The molecule has 3 atom stereocenters. The Morgan fingerprint density at radius 3 is 2.55 bits per heavy atom. The predicted molar refractivity (Wildman–Crippen MR) is 120 cm³/mol. The molecule has 3 unspecified atom stereocenters. The average Bonchev–Trinajstić information content (AvgIpc) is 3.48. The molecule has 33 heavy (non-hydrogen) atoms. The van der Waals surface area contributed by atoms with Crippen molar-refractivity contribution in [2.75, 3.05) is 6.61 Å². The van der Waals surface area contributed by atoms with Crippen molar-refractivity contribution in [3.8, 4) is 16.9 Å². The van der Waals surface area contributed by atoms with Gasteiger partial charge in [0.1, 0.15) is 11.6 Å². The highest BCUT2D eigenvalue weighted by molar-refractivity contribution is 5.83. The van der Waals surface area contributed by atoms with Gasteiger partial charge >= 0.3 is 6.18 Å². The fourth-order valence-corrected chi connectivity index (χ4v) is 4.33. The van der Waals surface area contributed by atoms with E-state index in [0.29, 0.717) is 0 Å². The summed E-state index contributed by atoms with van der Waals surface area (Å²) in [5.74, 6) is 1.64. The Morgan fingerprint density at radius 1 is 1.06 bits per heavy atom. The molecule has 0 saturated heterocycles. The summed E-state index contributed by atoms with van der Waals surface area (Å²) < 4.78 is 41.7. The molecule has 3 aromatic carbocycles. The van der Waals surface area contributed by atoms with Crippen LogP contribution in [0.1, 0.15) is 48.2 Å². The third-order valence-electron chi connectivity index (χ3n) is 6.08. The quantitative estimate of drug-likeness (QED) is 0.351. The van der Waals surface area contributed by atoms with Crippen LogP contribution in [0.15, 0.2) is 66.7 Å². The smallest absolute Gasteiger partial charge is 0.422 e. The van der Waals surface area contributed by atoms with Gasteiger partial charge in [-0.25, -0.2) is 4.98 Å². The van der Waals surface area contributed by atoms with Crippen molar-refractivity contribution in [1.29, 1.82) is 0 Å². The number of benzene rings is 3. The van der Waals surface area contributed by atoms with E-state index >= 15 is 0 Å². The maximum absolute atomic E-state index is 12.3. The van der Waals surface area contributed by atoms with Crippen LogP contribution in [0.3, 0.4) is 0 Å². The Bertz CT molecular complexity index is 1280.